The predicted octanol–water partition coefficient (Wildman–Crippen LogP) is 6.33. The maximum atomic E-state index is 6.13. The molecule has 1 aromatic heterocycles. The van der Waals surface area contributed by atoms with Crippen molar-refractivity contribution in [1.29, 1.82) is 0 Å². The van der Waals surface area contributed by atoms with Crippen molar-refractivity contribution in [2.24, 2.45) is 0 Å². The first-order valence-corrected chi connectivity index (χ1v) is 9.03. The molecule has 0 aliphatic heterocycles. The van der Waals surface area contributed by atoms with E-state index in [9.17, 15) is 0 Å². The van der Waals surface area contributed by atoms with Gasteiger partial charge < -0.3 is 4.42 Å². The van der Waals surface area contributed by atoms with Crippen LogP contribution < -0.4 is 0 Å². The molecule has 5 rings (SSSR count). The molecule has 0 atom stereocenters. The highest BCUT2D eigenvalue weighted by Crippen LogP contribution is 2.34. The van der Waals surface area contributed by atoms with Crippen LogP contribution in [0.1, 0.15) is 11.1 Å². The molecule has 0 radical (unpaired) electrons. The summed E-state index contributed by atoms with van der Waals surface area (Å²) in [6, 6.07) is 24.9. The van der Waals surface area contributed by atoms with E-state index in [1.54, 1.807) is 0 Å². The van der Waals surface area contributed by atoms with Gasteiger partial charge in [-0.25, -0.2) is 0 Å². The average Bonchev–Trinajstić information content (AvgIpc) is 3.19. The molecule has 27 heavy (non-hydrogen) atoms. The van der Waals surface area contributed by atoms with Gasteiger partial charge in [-0.15, -0.1) is 10.2 Å². The molecule has 0 aliphatic rings. The molecule has 0 N–H and O–H groups in total. The molecule has 5 aromatic rings. The van der Waals surface area contributed by atoms with Crippen molar-refractivity contribution in [3.8, 4) is 22.9 Å². The first kappa shape index (κ1) is 15.8. The number of hydrogen-bond donors (Lipinski definition) is 0. The van der Waals surface area contributed by atoms with Crippen LogP contribution in [-0.4, -0.2) is 10.2 Å². The number of fused-ring (bicyclic) bond motifs is 2. The zero-order valence-electron chi connectivity index (χ0n) is 15.2. The summed E-state index contributed by atoms with van der Waals surface area (Å²) >= 11 is 0. The molecule has 0 saturated carbocycles. The Labute approximate surface area is 157 Å². The van der Waals surface area contributed by atoms with Gasteiger partial charge in [-0.2, -0.15) is 0 Å². The van der Waals surface area contributed by atoms with Gasteiger partial charge >= 0.3 is 0 Å². The summed E-state index contributed by atoms with van der Waals surface area (Å²) < 4.78 is 6.13. The maximum absolute atomic E-state index is 6.13. The minimum absolute atomic E-state index is 0.547. The monoisotopic (exact) mass is 350 g/mol. The number of rotatable bonds is 2. The largest absolute Gasteiger partial charge is 0.416 e. The average molecular weight is 350 g/mol. The molecule has 3 heteroatoms. The summed E-state index contributed by atoms with van der Waals surface area (Å²) in [5.41, 5.74) is 4.40. The topological polar surface area (TPSA) is 38.9 Å². The fourth-order valence-corrected chi connectivity index (χ4v) is 3.71. The van der Waals surface area contributed by atoms with Gasteiger partial charge in [0.15, 0.2) is 0 Å². The van der Waals surface area contributed by atoms with Gasteiger partial charge in [-0.1, -0.05) is 60.7 Å². The van der Waals surface area contributed by atoms with E-state index in [-0.39, 0.29) is 0 Å². The third-order valence-corrected chi connectivity index (χ3v) is 5.17. The molecule has 0 spiro atoms. The molecule has 0 saturated heterocycles. The molecule has 1 heterocycles. The lowest BCUT2D eigenvalue weighted by molar-refractivity contribution is 0.586. The van der Waals surface area contributed by atoms with Gasteiger partial charge in [0.2, 0.25) is 11.8 Å². The van der Waals surface area contributed by atoms with Crippen molar-refractivity contribution in [3.05, 3.63) is 83.9 Å². The number of benzene rings is 4. The van der Waals surface area contributed by atoms with Gasteiger partial charge in [-0.3, -0.25) is 0 Å². The summed E-state index contributed by atoms with van der Waals surface area (Å²) in [5, 5.41) is 13.4. The Morgan fingerprint density at radius 2 is 0.926 bits per heavy atom. The van der Waals surface area contributed by atoms with Crippen LogP contribution in [-0.2, 0) is 0 Å². The Hall–Kier alpha value is -3.46. The third kappa shape index (κ3) is 2.51. The number of aromatic nitrogens is 2. The highest BCUT2D eigenvalue weighted by atomic mass is 16.4. The van der Waals surface area contributed by atoms with Crippen molar-refractivity contribution in [3.63, 3.8) is 0 Å². The van der Waals surface area contributed by atoms with Crippen LogP contribution in [0.15, 0.2) is 77.2 Å². The van der Waals surface area contributed by atoms with Gasteiger partial charge in [0.05, 0.1) is 0 Å². The van der Waals surface area contributed by atoms with Crippen LogP contribution >= 0.6 is 0 Å². The molecule has 130 valence electrons. The Balaban J connectivity index is 1.69. The van der Waals surface area contributed by atoms with E-state index >= 15 is 0 Å². The van der Waals surface area contributed by atoms with Crippen molar-refractivity contribution in [2.75, 3.05) is 0 Å². The van der Waals surface area contributed by atoms with Gasteiger partial charge in [0, 0.05) is 11.1 Å². The number of aryl methyl sites for hydroxylation is 2. The van der Waals surface area contributed by atoms with Crippen LogP contribution in [0, 0.1) is 13.8 Å². The van der Waals surface area contributed by atoms with Crippen LogP contribution in [0.3, 0.4) is 0 Å². The van der Waals surface area contributed by atoms with E-state index in [0.717, 1.165) is 21.9 Å². The number of nitrogens with zero attached hydrogens (tertiary/aromatic N) is 2. The molecule has 3 nitrogen and oxygen atoms in total. The zero-order chi connectivity index (χ0) is 18.4. The van der Waals surface area contributed by atoms with Crippen LogP contribution in [0.25, 0.3) is 44.5 Å². The zero-order valence-corrected chi connectivity index (χ0v) is 15.2. The fourth-order valence-electron chi connectivity index (χ4n) is 3.71. The van der Waals surface area contributed by atoms with Crippen LogP contribution in [0.2, 0.25) is 0 Å². The highest BCUT2D eigenvalue weighted by molar-refractivity contribution is 5.98. The summed E-state index contributed by atoms with van der Waals surface area (Å²) in [5.74, 6) is 1.09. The fraction of sp³-hybridized carbons (Fsp3) is 0.0833. The molecule has 0 amide bonds. The molecular formula is C24H18N2O. The second-order valence-corrected chi connectivity index (χ2v) is 6.86. The molecule has 4 aromatic carbocycles. The normalized spacial score (nSPS) is 11.3. The van der Waals surface area contributed by atoms with E-state index < -0.39 is 0 Å². The van der Waals surface area contributed by atoms with E-state index in [2.05, 4.69) is 84.7 Å². The van der Waals surface area contributed by atoms with Crippen molar-refractivity contribution in [2.45, 2.75) is 13.8 Å². The predicted molar refractivity (Wildman–Crippen MR) is 110 cm³/mol. The highest BCUT2D eigenvalue weighted by Gasteiger charge is 2.15. The lowest BCUT2D eigenvalue weighted by Gasteiger charge is -2.06. The Bertz CT molecular complexity index is 1200. The van der Waals surface area contributed by atoms with Crippen molar-refractivity contribution in [1.82, 2.24) is 10.2 Å². The third-order valence-electron chi connectivity index (χ3n) is 5.17. The standard InChI is InChI=1S/C24H18N2O/c1-15-11-13-21(19-9-5-3-7-17(15)19)23-25-26-24(27-23)22-14-12-16(2)18-8-4-6-10-20(18)22/h3-14H,1-2H3. The summed E-state index contributed by atoms with van der Waals surface area (Å²) in [7, 11) is 0. The maximum Gasteiger partial charge on any atom is 0.248 e. The Morgan fingerprint density at radius 3 is 1.37 bits per heavy atom. The van der Waals surface area contributed by atoms with E-state index in [0.29, 0.717) is 11.8 Å². The van der Waals surface area contributed by atoms with E-state index in [4.69, 9.17) is 4.42 Å². The van der Waals surface area contributed by atoms with Gasteiger partial charge in [-0.05, 0) is 58.7 Å². The van der Waals surface area contributed by atoms with Gasteiger partial charge in [0.25, 0.3) is 0 Å². The molecule has 0 unspecified atom stereocenters. The second-order valence-electron chi connectivity index (χ2n) is 6.86. The molecule has 0 aliphatic carbocycles. The lowest BCUT2D eigenvalue weighted by atomic mass is 10.00. The van der Waals surface area contributed by atoms with Crippen LogP contribution in [0.5, 0.6) is 0 Å². The summed E-state index contributed by atoms with van der Waals surface area (Å²) in [6.07, 6.45) is 0. The Morgan fingerprint density at radius 1 is 0.519 bits per heavy atom. The number of hydrogen-bond acceptors (Lipinski definition) is 3. The molecule has 0 fully saturated rings. The van der Waals surface area contributed by atoms with Crippen molar-refractivity contribution < 1.29 is 4.42 Å². The quantitative estimate of drug-likeness (QED) is 0.373. The smallest absolute Gasteiger partial charge is 0.248 e. The van der Waals surface area contributed by atoms with E-state index in [1.807, 2.05) is 12.1 Å². The lowest BCUT2D eigenvalue weighted by Crippen LogP contribution is -1.84. The van der Waals surface area contributed by atoms with Crippen molar-refractivity contribution >= 4 is 21.5 Å². The minimum Gasteiger partial charge on any atom is -0.416 e. The van der Waals surface area contributed by atoms with Gasteiger partial charge in [0.1, 0.15) is 0 Å². The molecule has 0 bridgehead atoms. The van der Waals surface area contributed by atoms with E-state index in [1.165, 1.54) is 21.9 Å². The first-order valence-electron chi connectivity index (χ1n) is 9.03. The first-order chi connectivity index (χ1) is 13.2. The summed E-state index contributed by atoms with van der Waals surface area (Å²) in [6.45, 7) is 4.23. The Kier molecular flexibility index (Phi) is 3.54. The second kappa shape index (κ2) is 6.06. The minimum atomic E-state index is 0.547. The SMILES string of the molecule is Cc1ccc(-c2nnc(-c3ccc(C)c4ccccc34)o2)c2ccccc12. The van der Waals surface area contributed by atoms with Crippen LogP contribution in [0.4, 0.5) is 0 Å². The molecular weight excluding hydrogens is 332 g/mol. The summed E-state index contributed by atoms with van der Waals surface area (Å²) in [4.78, 5) is 0.